The van der Waals surface area contributed by atoms with Crippen LogP contribution in [-0.2, 0) is 9.47 Å². The van der Waals surface area contributed by atoms with Crippen molar-refractivity contribution in [3.8, 4) is 0 Å². The van der Waals surface area contributed by atoms with Gasteiger partial charge in [0.15, 0.2) is 0 Å². The van der Waals surface area contributed by atoms with Gasteiger partial charge in [-0.25, -0.2) is 4.79 Å². The molecule has 1 atom stereocenters. The molecule has 0 radical (unpaired) electrons. The van der Waals surface area contributed by atoms with E-state index in [-0.39, 0.29) is 6.04 Å². The smallest absolute Gasteiger partial charge is 0.406 e. The largest absolute Gasteiger partial charge is 0.453 e. The van der Waals surface area contributed by atoms with E-state index in [9.17, 15) is 4.79 Å². The molecule has 0 bridgehead atoms. The molecule has 0 fully saturated rings. The Kier molecular flexibility index (Phi) is 8.82. The second-order valence-electron chi connectivity index (χ2n) is 4.48. The van der Waals surface area contributed by atoms with E-state index in [1.165, 1.54) is 7.11 Å². The third-order valence-electron chi connectivity index (χ3n) is 2.95. The van der Waals surface area contributed by atoms with Gasteiger partial charge in [-0.15, -0.1) is 0 Å². The predicted molar refractivity (Wildman–Crippen MR) is 83.7 cm³/mol. The fourth-order valence-corrected chi connectivity index (χ4v) is 2.16. The number of hydrogen-bond acceptors (Lipinski definition) is 4. The fourth-order valence-electron chi connectivity index (χ4n) is 1.96. The van der Waals surface area contributed by atoms with Gasteiger partial charge in [0.05, 0.1) is 13.7 Å². The summed E-state index contributed by atoms with van der Waals surface area (Å²) in [6, 6.07) is 8.04. The molecule has 0 heterocycles. The molecule has 0 aliphatic heterocycles. The van der Waals surface area contributed by atoms with Crippen LogP contribution in [0.4, 0.5) is 4.79 Å². The van der Waals surface area contributed by atoms with Gasteiger partial charge in [0.2, 0.25) is 0 Å². The molecule has 0 spiro atoms. The van der Waals surface area contributed by atoms with Crippen molar-refractivity contribution in [3.05, 3.63) is 34.9 Å². The van der Waals surface area contributed by atoms with Gasteiger partial charge < -0.3 is 20.1 Å². The first-order valence-corrected chi connectivity index (χ1v) is 7.43. The molecule has 1 unspecified atom stereocenters. The van der Waals surface area contributed by atoms with Gasteiger partial charge in [-0.1, -0.05) is 30.7 Å². The zero-order valence-electron chi connectivity index (χ0n) is 12.5. The zero-order chi connectivity index (χ0) is 15.5. The number of carbonyl (C=O) groups excluding carboxylic acids is 1. The van der Waals surface area contributed by atoms with Crippen molar-refractivity contribution < 1.29 is 14.3 Å². The number of benzene rings is 1. The highest BCUT2D eigenvalue weighted by Gasteiger charge is 2.10. The predicted octanol–water partition coefficient (Wildman–Crippen LogP) is 2.75. The molecule has 1 aromatic carbocycles. The standard InChI is InChI=1S/C15H23ClN2O3/c1-3-17-14(12-5-4-6-13(16)11-12)7-9-21-10-8-18-15(19)20-2/h4-6,11,14,17H,3,7-10H2,1-2H3,(H,18,19). The van der Waals surface area contributed by atoms with Crippen LogP contribution in [0.1, 0.15) is 24.9 Å². The Hall–Kier alpha value is -1.30. The van der Waals surface area contributed by atoms with Crippen LogP contribution >= 0.6 is 11.6 Å². The molecule has 0 aliphatic carbocycles. The molecule has 1 aromatic rings. The highest BCUT2D eigenvalue weighted by Crippen LogP contribution is 2.20. The third kappa shape index (κ3) is 7.32. The minimum Gasteiger partial charge on any atom is -0.453 e. The van der Waals surface area contributed by atoms with Crippen molar-refractivity contribution in [1.29, 1.82) is 0 Å². The van der Waals surface area contributed by atoms with Crippen molar-refractivity contribution in [2.24, 2.45) is 0 Å². The molecule has 5 nitrogen and oxygen atoms in total. The van der Waals surface area contributed by atoms with Crippen molar-refractivity contribution in [3.63, 3.8) is 0 Å². The Morgan fingerprint density at radius 3 is 2.86 bits per heavy atom. The van der Waals surface area contributed by atoms with Gasteiger partial charge in [-0.2, -0.15) is 0 Å². The lowest BCUT2D eigenvalue weighted by molar-refractivity contribution is 0.121. The number of hydrogen-bond donors (Lipinski definition) is 2. The molecule has 0 aliphatic rings. The van der Waals surface area contributed by atoms with E-state index in [1.807, 2.05) is 18.2 Å². The molecule has 0 saturated carbocycles. The Morgan fingerprint density at radius 2 is 2.19 bits per heavy atom. The van der Waals surface area contributed by atoms with E-state index in [0.717, 1.165) is 23.6 Å². The Bertz CT molecular complexity index is 429. The summed E-state index contributed by atoms with van der Waals surface area (Å²) in [6.07, 6.45) is 0.398. The average molecular weight is 315 g/mol. The summed E-state index contributed by atoms with van der Waals surface area (Å²) in [5.41, 5.74) is 1.15. The monoisotopic (exact) mass is 314 g/mol. The first kappa shape index (κ1) is 17.8. The second kappa shape index (κ2) is 10.4. The number of ether oxygens (including phenoxy) is 2. The van der Waals surface area contributed by atoms with Gasteiger partial charge in [-0.05, 0) is 30.7 Å². The number of methoxy groups -OCH3 is 1. The lowest BCUT2D eigenvalue weighted by Gasteiger charge is -2.18. The minimum absolute atomic E-state index is 0.210. The number of halogens is 1. The SMILES string of the molecule is CCNC(CCOCCNC(=O)OC)c1cccc(Cl)c1. The van der Waals surface area contributed by atoms with Crippen LogP contribution in [0.25, 0.3) is 0 Å². The van der Waals surface area contributed by atoms with Gasteiger partial charge in [-0.3, -0.25) is 0 Å². The molecule has 2 N–H and O–H groups in total. The van der Waals surface area contributed by atoms with Crippen molar-refractivity contribution in [2.75, 3.05) is 33.4 Å². The number of alkyl carbamates (subject to hydrolysis) is 1. The zero-order valence-corrected chi connectivity index (χ0v) is 13.3. The van der Waals surface area contributed by atoms with E-state index in [4.69, 9.17) is 16.3 Å². The number of rotatable bonds is 9. The Morgan fingerprint density at radius 1 is 1.38 bits per heavy atom. The molecule has 118 valence electrons. The maximum atomic E-state index is 10.8. The molecule has 1 rings (SSSR count). The Balaban J connectivity index is 2.30. The highest BCUT2D eigenvalue weighted by molar-refractivity contribution is 6.30. The molecular weight excluding hydrogens is 292 g/mol. The topological polar surface area (TPSA) is 59.6 Å². The van der Waals surface area contributed by atoms with Gasteiger partial charge >= 0.3 is 6.09 Å². The summed E-state index contributed by atoms with van der Waals surface area (Å²) >= 11 is 6.02. The molecule has 1 amide bonds. The molecule has 0 saturated heterocycles. The maximum Gasteiger partial charge on any atom is 0.406 e. The molecule has 0 aromatic heterocycles. The summed E-state index contributed by atoms with van der Waals surface area (Å²) in [6.45, 7) is 4.45. The van der Waals surface area contributed by atoms with E-state index in [0.29, 0.717) is 19.8 Å². The van der Waals surface area contributed by atoms with E-state index < -0.39 is 6.09 Å². The number of amides is 1. The quantitative estimate of drug-likeness (QED) is 0.688. The number of carbonyl (C=O) groups is 1. The van der Waals surface area contributed by atoms with Gasteiger partial charge in [0.1, 0.15) is 0 Å². The minimum atomic E-state index is -0.442. The molecular formula is C15H23ClN2O3. The van der Waals surface area contributed by atoms with Gasteiger partial charge in [0.25, 0.3) is 0 Å². The first-order chi connectivity index (χ1) is 10.2. The van der Waals surface area contributed by atoms with Crippen molar-refractivity contribution >= 4 is 17.7 Å². The average Bonchev–Trinajstić information content (AvgIpc) is 2.49. The summed E-state index contributed by atoms with van der Waals surface area (Å²) < 4.78 is 9.98. The third-order valence-corrected chi connectivity index (χ3v) is 3.19. The van der Waals surface area contributed by atoms with E-state index in [1.54, 1.807) is 0 Å². The number of nitrogens with one attached hydrogen (secondary N) is 2. The normalized spacial score (nSPS) is 12.0. The van der Waals surface area contributed by atoms with Crippen LogP contribution in [0.3, 0.4) is 0 Å². The first-order valence-electron chi connectivity index (χ1n) is 7.05. The van der Waals surface area contributed by atoms with Crippen LogP contribution in [0.2, 0.25) is 5.02 Å². The van der Waals surface area contributed by atoms with Crippen LogP contribution in [0.15, 0.2) is 24.3 Å². The van der Waals surface area contributed by atoms with E-state index in [2.05, 4.69) is 28.4 Å². The fraction of sp³-hybridized carbons (Fsp3) is 0.533. The van der Waals surface area contributed by atoms with Crippen LogP contribution in [-0.4, -0.2) is 39.5 Å². The maximum absolute atomic E-state index is 10.8. The van der Waals surface area contributed by atoms with Crippen LogP contribution in [0.5, 0.6) is 0 Å². The van der Waals surface area contributed by atoms with Crippen molar-refractivity contribution in [2.45, 2.75) is 19.4 Å². The Labute approximate surface area is 131 Å². The summed E-state index contributed by atoms with van der Waals surface area (Å²) in [7, 11) is 1.34. The van der Waals surface area contributed by atoms with E-state index >= 15 is 0 Å². The van der Waals surface area contributed by atoms with Crippen molar-refractivity contribution in [1.82, 2.24) is 10.6 Å². The summed E-state index contributed by atoms with van der Waals surface area (Å²) in [4.78, 5) is 10.8. The lowest BCUT2D eigenvalue weighted by Crippen LogP contribution is -2.27. The lowest BCUT2D eigenvalue weighted by atomic mass is 10.0. The second-order valence-corrected chi connectivity index (χ2v) is 4.92. The molecule has 6 heteroatoms. The van der Waals surface area contributed by atoms with Crippen LogP contribution in [0, 0.1) is 0 Å². The summed E-state index contributed by atoms with van der Waals surface area (Å²) in [5.74, 6) is 0. The van der Waals surface area contributed by atoms with Gasteiger partial charge in [0, 0.05) is 24.2 Å². The molecule has 21 heavy (non-hydrogen) atoms. The van der Waals surface area contributed by atoms with Crippen LogP contribution < -0.4 is 10.6 Å². The highest BCUT2D eigenvalue weighted by atomic mass is 35.5. The summed E-state index contributed by atoms with van der Waals surface area (Å²) in [5, 5.41) is 6.72.